The molecule has 128 valence electrons. The van der Waals surface area contributed by atoms with Gasteiger partial charge in [0.2, 0.25) is 0 Å². The number of ether oxygens (including phenoxy) is 1. The van der Waals surface area contributed by atoms with Crippen molar-refractivity contribution in [1.82, 2.24) is 0 Å². The second-order valence-corrected chi connectivity index (χ2v) is 6.67. The van der Waals surface area contributed by atoms with Crippen LogP contribution in [0.4, 0.5) is 0 Å². The SMILES string of the molecule is CCC(C)[C@@H]1C[C@@H](C)CC=C1C(C#N)(C#N)CC#CCOC(C)=O. The number of carbonyl (C=O) groups is 1. The Bertz CT molecular complexity index is 611. The lowest BCUT2D eigenvalue weighted by molar-refractivity contribution is -0.139. The third kappa shape index (κ3) is 4.87. The molecule has 0 spiro atoms. The van der Waals surface area contributed by atoms with Crippen LogP contribution in [-0.2, 0) is 9.53 Å². The molecule has 1 aliphatic rings. The number of rotatable bonds is 5. The fraction of sp³-hybridized carbons (Fsp3) is 0.650. The molecule has 4 nitrogen and oxygen atoms in total. The third-order valence-corrected chi connectivity index (χ3v) is 4.83. The van der Waals surface area contributed by atoms with Crippen LogP contribution in [0.5, 0.6) is 0 Å². The van der Waals surface area contributed by atoms with Gasteiger partial charge in [-0.3, -0.25) is 4.79 Å². The minimum Gasteiger partial charge on any atom is -0.453 e. The number of esters is 1. The first-order valence-electron chi connectivity index (χ1n) is 8.52. The molecule has 0 amide bonds. The van der Waals surface area contributed by atoms with Gasteiger partial charge in [-0.25, -0.2) is 0 Å². The molecule has 3 atom stereocenters. The minimum atomic E-state index is -1.21. The highest BCUT2D eigenvalue weighted by molar-refractivity contribution is 5.66. The molecule has 0 heterocycles. The summed E-state index contributed by atoms with van der Waals surface area (Å²) in [6.07, 6.45) is 5.15. The zero-order valence-electron chi connectivity index (χ0n) is 15.1. The monoisotopic (exact) mass is 326 g/mol. The lowest BCUT2D eigenvalue weighted by Crippen LogP contribution is -2.31. The number of hydrogen-bond donors (Lipinski definition) is 0. The molecule has 1 unspecified atom stereocenters. The van der Waals surface area contributed by atoms with E-state index < -0.39 is 11.4 Å². The van der Waals surface area contributed by atoms with Crippen molar-refractivity contribution in [1.29, 1.82) is 10.5 Å². The van der Waals surface area contributed by atoms with Gasteiger partial charge in [0.05, 0.1) is 12.1 Å². The average molecular weight is 326 g/mol. The molecular weight excluding hydrogens is 300 g/mol. The van der Waals surface area contributed by atoms with Crippen LogP contribution in [0.15, 0.2) is 11.6 Å². The van der Waals surface area contributed by atoms with E-state index in [-0.39, 0.29) is 18.9 Å². The molecule has 0 fully saturated rings. The molecule has 0 saturated carbocycles. The topological polar surface area (TPSA) is 73.9 Å². The summed E-state index contributed by atoms with van der Waals surface area (Å²) in [5.41, 5.74) is -0.279. The van der Waals surface area contributed by atoms with Crippen molar-refractivity contribution in [2.75, 3.05) is 6.61 Å². The molecule has 0 aromatic rings. The molecule has 0 radical (unpaired) electrons. The summed E-state index contributed by atoms with van der Waals surface area (Å²) in [6, 6.07) is 4.44. The minimum absolute atomic E-state index is 0.00680. The standard InChI is InChI=1S/C20H26N2O2/c1-5-16(3)18-12-15(2)8-9-19(18)20(13-21,14-22)10-6-7-11-24-17(4)23/h9,15-16,18H,5,8,10-12H2,1-4H3/t15-,16?,18-/m0/s1. The van der Waals surface area contributed by atoms with Gasteiger partial charge < -0.3 is 4.74 Å². The Labute approximate surface area is 145 Å². The number of nitriles is 2. The number of hydrogen-bond acceptors (Lipinski definition) is 4. The van der Waals surface area contributed by atoms with Gasteiger partial charge in [-0.05, 0) is 36.2 Å². The zero-order valence-corrected chi connectivity index (χ0v) is 15.1. The van der Waals surface area contributed by atoms with Gasteiger partial charge in [-0.15, -0.1) is 0 Å². The normalized spacial score (nSPS) is 21.3. The van der Waals surface area contributed by atoms with Crippen molar-refractivity contribution in [3.05, 3.63) is 11.6 Å². The quantitative estimate of drug-likeness (QED) is 0.435. The largest absolute Gasteiger partial charge is 0.453 e. The van der Waals surface area contributed by atoms with E-state index in [2.05, 4.69) is 50.8 Å². The van der Waals surface area contributed by atoms with Crippen LogP contribution < -0.4 is 0 Å². The van der Waals surface area contributed by atoms with Crippen molar-refractivity contribution >= 4 is 5.97 Å². The van der Waals surface area contributed by atoms with Crippen molar-refractivity contribution in [2.24, 2.45) is 23.2 Å². The second kappa shape index (κ2) is 9.14. The van der Waals surface area contributed by atoms with E-state index >= 15 is 0 Å². The Morgan fingerprint density at radius 1 is 1.42 bits per heavy atom. The molecule has 0 N–H and O–H groups in total. The van der Waals surface area contributed by atoms with E-state index in [4.69, 9.17) is 4.74 Å². The molecule has 0 aromatic heterocycles. The fourth-order valence-corrected chi connectivity index (χ4v) is 3.17. The number of allylic oxidation sites excluding steroid dienone is 2. The Balaban J connectivity index is 3.06. The Hall–Kier alpha value is -2.25. The van der Waals surface area contributed by atoms with Crippen molar-refractivity contribution in [3.63, 3.8) is 0 Å². The molecule has 24 heavy (non-hydrogen) atoms. The highest BCUT2D eigenvalue weighted by Gasteiger charge is 2.41. The first kappa shape index (κ1) is 19.8. The average Bonchev–Trinajstić information content (AvgIpc) is 2.58. The van der Waals surface area contributed by atoms with E-state index in [0.717, 1.165) is 24.8 Å². The molecule has 0 aliphatic heterocycles. The van der Waals surface area contributed by atoms with Gasteiger partial charge in [0, 0.05) is 13.3 Å². The first-order chi connectivity index (χ1) is 11.4. The lowest BCUT2D eigenvalue weighted by atomic mass is 9.64. The highest BCUT2D eigenvalue weighted by Crippen LogP contribution is 2.45. The van der Waals surface area contributed by atoms with Crippen LogP contribution in [0, 0.1) is 57.7 Å². The molecule has 0 saturated heterocycles. The van der Waals surface area contributed by atoms with Crippen LogP contribution in [-0.4, -0.2) is 12.6 Å². The number of nitrogens with zero attached hydrogens (tertiary/aromatic N) is 2. The van der Waals surface area contributed by atoms with Gasteiger partial charge >= 0.3 is 5.97 Å². The zero-order chi connectivity index (χ0) is 18.2. The highest BCUT2D eigenvalue weighted by atomic mass is 16.5. The van der Waals surface area contributed by atoms with Gasteiger partial charge in [0.15, 0.2) is 12.0 Å². The van der Waals surface area contributed by atoms with Crippen LogP contribution >= 0.6 is 0 Å². The second-order valence-electron chi connectivity index (χ2n) is 6.67. The number of carbonyl (C=O) groups excluding carboxylic acids is 1. The Morgan fingerprint density at radius 3 is 2.62 bits per heavy atom. The van der Waals surface area contributed by atoms with E-state index in [1.165, 1.54) is 6.92 Å². The third-order valence-electron chi connectivity index (χ3n) is 4.83. The van der Waals surface area contributed by atoms with Crippen LogP contribution in [0.1, 0.15) is 53.4 Å². The van der Waals surface area contributed by atoms with E-state index in [1.54, 1.807) is 0 Å². The fourth-order valence-electron chi connectivity index (χ4n) is 3.17. The van der Waals surface area contributed by atoms with Crippen LogP contribution in [0.3, 0.4) is 0 Å². The molecule has 1 rings (SSSR count). The smallest absolute Gasteiger partial charge is 0.303 e. The molecule has 0 aromatic carbocycles. The van der Waals surface area contributed by atoms with Crippen molar-refractivity contribution in [2.45, 2.75) is 53.4 Å². The predicted molar refractivity (Wildman–Crippen MR) is 92.1 cm³/mol. The maximum Gasteiger partial charge on any atom is 0.303 e. The van der Waals surface area contributed by atoms with Crippen molar-refractivity contribution < 1.29 is 9.53 Å². The summed E-state index contributed by atoms with van der Waals surface area (Å²) in [7, 11) is 0. The van der Waals surface area contributed by atoms with Gasteiger partial charge in [-0.1, -0.05) is 45.1 Å². The predicted octanol–water partition coefficient (Wildman–Crippen LogP) is 4.00. The summed E-state index contributed by atoms with van der Waals surface area (Å²) in [6.45, 7) is 7.85. The van der Waals surface area contributed by atoms with Crippen LogP contribution in [0.25, 0.3) is 0 Å². The maximum absolute atomic E-state index is 10.7. The molecular formula is C20H26N2O2. The van der Waals surface area contributed by atoms with E-state index in [1.807, 2.05) is 0 Å². The summed E-state index contributed by atoms with van der Waals surface area (Å²) < 4.78 is 4.77. The van der Waals surface area contributed by atoms with Crippen molar-refractivity contribution in [3.8, 4) is 24.0 Å². The van der Waals surface area contributed by atoms with Gasteiger partial charge in [-0.2, -0.15) is 10.5 Å². The van der Waals surface area contributed by atoms with Gasteiger partial charge in [0.1, 0.15) is 0 Å². The van der Waals surface area contributed by atoms with Crippen LogP contribution in [0.2, 0.25) is 0 Å². The van der Waals surface area contributed by atoms with Gasteiger partial charge in [0.25, 0.3) is 0 Å². The molecule has 0 bridgehead atoms. The summed E-state index contributed by atoms with van der Waals surface area (Å²) >= 11 is 0. The summed E-state index contributed by atoms with van der Waals surface area (Å²) in [5.74, 6) is 6.43. The maximum atomic E-state index is 10.7. The lowest BCUT2D eigenvalue weighted by Gasteiger charge is -2.37. The Kier molecular flexibility index (Phi) is 7.54. The van der Waals surface area contributed by atoms with E-state index in [9.17, 15) is 15.3 Å². The summed E-state index contributed by atoms with van der Waals surface area (Å²) in [4.78, 5) is 10.7. The molecule has 1 aliphatic carbocycles. The first-order valence-corrected chi connectivity index (χ1v) is 8.52. The van der Waals surface area contributed by atoms with E-state index in [0.29, 0.717) is 11.8 Å². The Morgan fingerprint density at radius 2 is 2.08 bits per heavy atom. The summed E-state index contributed by atoms with van der Waals surface area (Å²) in [5, 5.41) is 19.5. The molecule has 4 heteroatoms.